The number of H-pyrrole nitrogens is 2. The van der Waals surface area contributed by atoms with Crippen LogP contribution in [0.3, 0.4) is 0 Å². The molecule has 5 heteroatoms. The normalized spacial score (nSPS) is 17.2. The topological polar surface area (TPSA) is 64.8 Å². The van der Waals surface area contributed by atoms with Crippen molar-refractivity contribution in [2.45, 2.75) is 32.2 Å². The summed E-state index contributed by atoms with van der Waals surface area (Å²) in [6.07, 6.45) is 2.39. The number of nitrogens with zero attached hydrogens (tertiary/aromatic N) is 2. The van der Waals surface area contributed by atoms with E-state index in [-0.39, 0.29) is 11.9 Å². The number of para-hydroxylation sites is 3. The number of nitrogens with one attached hydrogen (secondary N) is 2. The Morgan fingerprint density at radius 3 is 2.74 bits per heavy atom. The Balaban J connectivity index is 1.44. The van der Waals surface area contributed by atoms with Gasteiger partial charge in [-0.25, -0.2) is 4.98 Å². The highest BCUT2D eigenvalue weighted by atomic mass is 16.2. The van der Waals surface area contributed by atoms with Crippen LogP contribution in [0.5, 0.6) is 0 Å². The van der Waals surface area contributed by atoms with E-state index in [1.807, 2.05) is 48.2 Å². The zero-order valence-electron chi connectivity index (χ0n) is 15.3. The van der Waals surface area contributed by atoms with Crippen LogP contribution in [-0.2, 0) is 11.2 Å². The summed E-state index contributed by atoms with van der Waals surface area (Å²) in [5, 5.41) is 1.14. The van der Waals surface area contributed by atoms with Crippen LogP contribution in [-0.4, -0.2) is 32.3 Å². The fraction of sp³-hybridized carbons (Fsp3) is 0.273. The van der Waals surface area contributed by atoms with Crippen LogP contribution in [0, 0.1) is 6.92 Å². The van der Waals surface area contributed by atoms with Gasteiger partial charge in [0.1, 0.15) is 5.82 Å². The number of aromatic amines is 2. The van der Waals surface area contributed by atoms with Crippen LogP contribution in [0.25, 0.3) is 21.9 Å². The summed E-state index contributed by atoms with van der Waals surface area (Å²) in [6.45, 7) is 2.84. The number of hydrogen-bond acceptors (Lipinski definition) is 2. The first kappa shape index (κ1) is 16.1. The van der Waals surface area contributed by atoms with Gasteiger partial charge in [0.05, 0.1) is 23.5 Å². The second kappa shape index (κ2) is 6.27. The fourth-order valence-corrected chi connectivity index (χ4v) is 4.30. The first-order valence-corrected chi connectivity index (χ1v) is 9.51. The Morgan fingerprint density at radius 1 is 1.11 bits per heavy atom. The molecule has 0 bridgehead atoms. The molecule has 1 aliphatic heterocycles. The van der Waals surface area contributed by atoms with Gasteiger partial charge >= 0.3 is 0 Å². The van der Waals surface area contributed by atoms with Crippen LogP contribution in [0.4, 0.5) is 0 Å². The molecule has 3 heterocycles. The van der Waals surface area contributed by atoms with Gasteiger partial charge < -0.3 is 14.9 Å². The minimum absolute atomic E-state index is 0.0374. The molecule has 1 fully saturated rings. The van der Waals surface area contributed by atoms with Gasteiger partial charge in [-0.2, -0.15) is 0 Å². The molecule has 5 nitrogen and oxygen atoms in total. The molecule has 0 aliphatic carbocycles. The molecule has 1 saturated heterocycles. The number of likely N-dealkylation sites (tertiary alicyclic amines) is 1. The predicted octanol–water partition coefficient (Wildman–Crippen LogP) is 4.26. The second-order valence-corrected chi connectivity index (χ2v) is 7.34. The standard InChI is InChI=1S/C22H22N4O/c1-14-16(15-7-2-3-8-17(15)23-14)13-21(27)26-12-6-11-20(26)22-24-18-9-4-5-10-19(18)25-22/h2-5,7-10,20,23H,6,11-13H2,1H3,(H,24,25). The van der Waals surface area contributed by atoms with E-state index in [1.165, 1.54) is 0 Å². The molecule has 4 aromatic rings. The van der Waals surface area contributed by atoms with Crippen molar-refractivity contribution >= 4 is 27.8 Å². The summed E-state index contributed by atoms with van der Waals surface area (Å²) in [7, 11) is 0. The third-order valence-electron chi connectivity index (χ3n) is 5.65. The van der Waals surface area contributed by atoms with Gasteiger partial charge in [-0.05, 0) is 43.5 Å². The van der Waals surface area contributed by atoms with E-state index in [2.05, 4.69) is 22.1 Å². The van der Waals surface area contributed by atoms with Gasteiger partial charge in [0.2, 0.25) is 5.91 Å². The van der Waals surface area contributed by atoms with Crippen molar-refractivity contribution in [3.05, 3.63) is 65.6 Å². The van der Waals surface area contributed by atoms with E-state index in [4.69, 9.17) is 4.98 Å². The monoisotopic (exact) mass is 358 g/mol. The molecule has 0 radical (unpaired) electrons. The van der Waals surface area contributed by atoms with Gasteiger partial charge in [-0.3, -0.25) is 4.79 Å². The quantitative estimate of drug-likeness (QED) is 0.575. The molecule has 1 aliphatic rings. The summed E-state index contributed by atoms with van der Waals surface area (Å²) in [5.74, 6) is 1.07. The highest BCUT2D eigenvalue weighted by Gasteiger charge is 2.32. The summed E-state index contributed by atoms with van der Waals surface area (Å²) < 4.78 is 0. The van der Waals surface area contributed by atoms with Gasteiger partial charge in [-0.15, -0.1) is 0 Å². The highest BCUT2D eigenvalue weighted by Crippen LogP contribution is 2.33. The third kappa shape index (κ3) is 2.70. The molecular formula is C22H22N4O. The van der Waals surface area contributed by atoms with Crippen molar-refractivity contribution in [1.29, 1.82) is 0 Å². The van der Waals surface area contributed by atoms with Crippen molar-refractivity contribution in [1.82, 2.24) is 19.9 Å². The van der Waals surface area contributed by atoms with Crippen molar-refractivity contribution < 1.29 is 4.79 Å². The maximum absolute atomic E-state index is 13.2. The molecule has 0 saturated carbocycles. The molecule has 2 aromatic heterocycles. The van der Waals surface area contributed by atoms with Crippen molar-refractivity contribution in [2.75, 3.05) is 6.54 Å². The minimum atomic E-state index is 0.0374. The van der Waals surface area contributed by atoms with Gasteiger partial charge in [0.25, 0.3) is 0 Å². The van der Waals surface area contributed by atoms with Gasteiger partial charge in [0.15, 0.2) is 0 Å². The van der Waals surface area contributed by atoms with Gasteiger partial charge in [-0.1, -0.05) is 30.3 Å². The Morgan fingerprint density at radius 2 is 1.89 bits per heavy atom. The minimum Gasteiger partial charge on any atom is -0.358 e. The average molecular weight is 358 g/mol. The number of amides is 1. The number of hydrogen-bond donors (Lipinski definition) is 2. The Hall–Kier alpha value is -3.08. The zero-order valence-corrected chi connectivity index (χ0v) is 15.3. The van der Waals surface area contributed by atoms with Crippen LogP contribution in [0.1, 0.15) is 36.0 Å². The smallest absolute Gasteiger partial charge is 0.227 e. The predicted molar refractivity (Wildman–Crippen MR) is 107 cm³/mol. The number of aromatic nitrogens is 3. The number of imidazole rings is 1. The Kier molecular flexibility index (Phi) is 3.74. The van der Waals surface area contributed by atoms with Crippen LogP contribution in [0.2, 0.25) is 0 Å². The SMILES string of the molecule is Cc1[nH]c2ccccc2c1CC(=O)N1CCCC1c1nc2ccccc2[nH]1. The lowest BCUT2D eigenvalue weighted by atomic mass is 10.1. The van der Waals surface area contributed by atoms with E-state index in [0.717, 1.165) is 58.4 Å². The van der Waals surface area contributed by atoms with E-state index >= 15 is 0 Å². The highest BCUT2D eigenvalue weighted by molar-refractivity contribution is 5.90. The van der Waals surface area contributed by atoms with Crippen LogP contribution < -0.4 is 0 Å². The summed E-state index contributed by atoms with van der Waals surface area (Å²) >= 11 is 0. The molecule has 1 atom stereocenters. The molecule has 5 rings (SSSR count). The first-order chi connectivity index (χ1) is 13.2. The number of aryl methyl sites for hydroxylation is 1. The molecule has 2 N–H and O–H groups in total. The third-order valence-corrected chi connectivity index (χ3v) is 5.65. The molecule has 1 unspecified atom stereocenters. The van der Waals surface area contributed by atoms with E-state index in [9.17, 15) is 4.79 Å². The van der Waals surface area contributed by atoms with Crippen molar-refractivity contribution in [2.24, 2.45) is 0 Å². The molecule has 2 aromatic carbocycles. The molecule has 1 amide bonds. The zero-order chi connectivity index (χ0) is 18.4. The average Bonchev–Trinajstić information content (AvgIpc) is 3.38. The van der Waals surface area contributed by atoms with Crippen LogP contribution in [0.15, 0.2) is 48.5 Å². The molecular weight excluding hydrogens is 336 g/mol. The van der Waals surface area contributed by atoms with E-state index < -0.39 is 0 Å². The fourth-order valence-electron chi connectivity index (χ4n) is 4.30. The lowest BCUT2D eigenvalue weighted by molar-refractivity contribution is -0.131. The number of carbonyl (C=O) groups is 1. The van der Waals surface area contributed by atoms with Crippen molar-refractivity contribution in [3.63, 3.8) is 0 Å². The number of fused-ring (bicyclic) bond motifs is 2. The summed E-state index contributed by atoms with van der Waals surface area (Å²) in [6, 6.07) is 16.2. The Bertz CT molecular complexity index is 1110. The second-order valence-electron chi connectivity index (χ2n) is 7.34. The maximum Gasteiger partial charge on any atom is 0.227 e. The molecule has 136 valence electrons. The molecule has 27 heavy (non-hydrogen) atoms. The lowest BCUT2D eigenvalue weighted by Gasteiger charge is -2.23. The van der Waals surface area contributed by atoms with E-state index in [1.54, 1.807) is 0 Å². The number of benzene rings is 2. The van der Waals surface area contributed by atoms with E-state index in [0.29, 0.717) is 6.42 Å². The lowest BCUT2D eigenvalue weighted by Crippen LogP contribution is -2.32. The first-order valence-electron chi connectivity index (χ1n) is 9.51. The summed E-state index contributed by atoms with van der Waals surface area (Å²) in [4.78, 5) is 26.7. The van der Waals surface area contributed by atoms with Crippen LogP contribution >= 0.6 is 0 Å². The number of rotatable bonds is 3. The largest absolute Gasteiger partial charge is 0.358 e. The van der Waals surface area contributed by atoms with Gasteiger partial charge in [0, 0.05) is 23.1 Å². The Labute approximate surface area is 157 Å². The summed E-state index contributed by atoms with van der Waals surface area (Å²) in [5.41, 5.74) is 5.25. The maximum atomic E-state index is 13.2. The number of carbonyl (C=O) groups excluding carboxylic acids is 1. The van der Waals surface area contributed by atoms with Crippen molar-refractivity contribution in [3.8, 4) is 0 Å². The molecule has 0 spiro atoms.